The molecule has 1 aliphatic rings. The van der Waals surface area contributed by atoms with Crippen molar-refractivity contribution in [1.29, 1.82) is 0 Å². The van der Waals surface area contributed by atoms with Gasteiger partial charge in [0.25, 0.3) is 0 Å². The zero-order valence-electron chi connectivity index (χ0n) is 16.2. The largest absolute Gasteiger partial charge is 0.476 e. The summed E-state index contributed by atoms with van der Waals surface area (Å²) < 4.78 is 84.5. The van der Waals surface area contributed by atoms with Crippen molar-refractivity contribution in [2.75, 3.05) is 0 Å². The van der Waals surface area contributed by atoms with Crippen molar-refractivity contribution in [2.45, 2.75) is 44.7 Å². The molecule has 0 spiro atoms. The summed E-state index contributed by atoms with van der Waals surface area (Å²) in [4.78, 5) is 27.1. The summed E-state index contributed by atoms with van der Waals surface area (Å²) in [7, 11) is 0. The van der Waals surface area contributed by atoms with Crippen LogP contribution in [-0.4, -0.2) is 43.8 Å². The maximum Gasteiger partial charge on any atom is 0.356 e. The molecule has 1 aromatic heterocycles. The van der Waals surface area contributed by atoms with Crippen LogP contribution in [0.5, 0.6) is 0 Å². The van der Waals surface area contributed by atoms with Crippen LogP contribution < -0.4 is 5.73 Å². The maximum absolute atomic E-state index is 15.0. The highest BCUT2D eigenvalue weighted by Crippen LogP contribution is 2.40. The summed E-state index contributed by atoms with van der Waals surface area (Å²) in [5.41, 5.74) is 3.58. The SMILES string of the molecule is Cc1nc(C(=O)O)c2n1C(F)C(F)N(C(=O)CC(N)Cc1cc(F)c(F)cc1F)C2F.Cl. The number of rotatable bonds is 5. The van der Waals surface area contributed by atoms with Crippen LogP contribution >= 0.6 is 12.4 Å². The third-order valence-electron chi connectivity index (χ3n) is 4.83. The Morgan fingerprint density at radius 3 is 2.31 bits per heavy atom. The van der Waals surface area contributed by atoms with Gasteiger partial charge in [0.05, 0.1) is 0 Å². The second kappa shape index (κ2) is 9.36. The van der Waals surface area contributed by atoms with E-state index in [1.54, 1.807) is 0 Å². The number of aromatic carboxylic acids is 1. The lowest BCUT2D eigenvalue weighted by Gasteiger charge is -2.37. The molecule has 0 fully saturated rings. The van der Waals surface area contributed by atoms with Gasteiger partial charge in [-0.15, -0.1) is 12.4 Å². The van der Waals surface area contributed by atoms with E-state index in [1.165, 1.54) is 0 Å². The quantitative estimate of drug-likeness (QED) is 0.384. The normalized spacial score (nSPS) is 21.0. The molecule has 0 aliphatic carbocycles. The molecule has 1 aliphatic heterocycles. The molecule has 0 saturated heterocycles. The third-order valence-corrected chi connectivity index (χ3v) is 4.83. The van der Waals surface area contributed by atoms with E-state index < -0.39 is 78.5 Å². The highest BCUT2D eigenvalue weighted by atomic mass is 35.5. The third kappa shape index (κ3) is 4.39. The van der Waals surface area contributed by atoms with Gasteiger partial charge in [-0.3, -0.25) is 14.3 Å². The van der Waals surface area contributed by atoms with Gasteiger partial charge in [0, 0.05) is 18.5 Å². The fraction of sp³-hybridized carbons (Fsp3) is 0.389. The number of carboxylic acids is 1. The van der Waals surface area contributed by atoms with Gasteiger partial charge >= 0.3 is 5.97 Å². The Morgan fingerprint density at radius 1 is 1.12 bits per heavy atom. The molecule has 14 heteroatoms. The number of hydrogen-bond acceptors (Lipinski definition) is 4. The van der Waals surface area contributed by atoms with Crippen molar-refractivity contribution in [3.63, 3.8) is 0 Å². The monoisotopic (exact) mass is 486 g/mol. The minimum Gasteiger partial charge on any atom is -0.476 e. The lowest BCUT2D eigenvalue weighted by molar-refractivity contribution is -0.162. The highest BCUT2D eigenvalue weighted by Gasteiger charge is 2.48. The number of carboxylic acid groups (broad SMARTS) is 1. The number of fused-ring (bicyclic) bond motifs is 1. The molecule has 4 atom stereocenters. The molecule has 0 radical (unpaired) electrons. The van der Waals surface area contributed by atoms with E-state index >= 15 is 0 Å². The van der Waals surface area contributed by atoms with Gasteiger partial charge in [-0.05, 0) is 25.0 Å². The Kier molecular flexibility index (Phi) is 7.45. The van der Waals surface area contributed by atoms with E-state index in [0.29, 0.717) is 10.6 Å². The highest BCUT2D eigenvalue weighted by molar-refractivity contribution is 5.87. The summed E-state index contributed by atoms with van der Waals surface area (Å²) in [5.74, 6) is -7.27. The number of nitrogens with zero attached hydrogens (tertiary/aromatic N) is 3. The topological polar surface area (TPSA) is 101 Å². The number of hydrogen-bond donors (Lipinski definition) is 2. The lowest BCUT2D eigenvalue weighted by atomic mass is 10.0. The number of alkyl halides is 3. The molecule has 7 nitrogen and oxygen atoms in total. The molecule has 1 amide bonds. The van der Waals surface area contributed by atoms with Crippen LogP contribution in [0.15, 0.2) is 12.1 Å². The molecule has 0 saturated carbocycles. The maximum atomic E-state index is 15.0. The second-order valence-electron chi connectivity index (χ2n) is 6.98. The average Bonchev–Trinajstić information content (AvgIpc) is 3.02. The summed E-state index contributed by atoms with van der Waals surface area (Å²) in [6.07, 6.45) is -9.45. The molecular weight excluding hydrogens is 470 g/mol. The first-order chi connectivity index (χ1) is 14.4. The number of nitrogens with two attached hydrogens (primary N) is 1. The van der Waals surface area contributed by atoms with E-state index in [1.807, 2.05) is 0 Å². The van der Waals surface area contributed by atoms with Crippen molar-refractivity contribution < 1.29 is 41.0 Å². The fourth-order valence-corrected chi connectivity index (χ4v) is 3.44. The summed E-state index contributed by atoms with van der Waals surface area (Å²) in [6, 6.07) is -0.482. The zero-order valence-corrected chi connectivity index (χ0v) is 17.1. The molecule has 2 heterocycles. The van der Waals surface area contributed by atoms with Gasteiger partial charge in [0.2, 0.25) is 24.8 Å². The van der Waals surface area contributed by atoms with Crippen LogP contribution in [0, 0.1) is 24.4 Å². The predicted octanol–water partition coefficient (Wildman–Crippen LogP) is 3.26. The number of aryl methyl sites for hydroxylation is 1. The van der Waals surface area contributed by atoms with Crippen LogP contribution in [0.4, 0.5) is 26.3 Å². The minimum absolute atomic E-state index is 0. The minimum atomic E-state index is -2.82. The number of aromatic nitrogens is 2. The Morgan fingerprint density at radius 2 is 1.72 bits per heavy atom. The molecule has 32 heavy (non-hydrogen) atoms. The van der Waals surface area contributed by atoms with Gasteiger partial charge in [-0.2, -0.15) is 0 Å². The predicted molar refractivity (Wildman–Crippen MR) is 99.5 cm³/mol. The molecule has 2 aromatic rings. The molecule has 3 N–H and O–H groups in total. The molecule has 1 aromatic carbocycles. The second-order valence-corrected chi connectivity index (χ2v) is 6.98. The van der Waals surface area contributed by atoms with Crippen LogP contribution in [0.1, 0.15) is 46.6 Å². The summed E-state index contributed by atoms with van der Waals surface area (Å²) in [6.45, 7) is 1.14. The first-order valence-corrected chi connectivity index (χ1v) is 8.88. The Labute approximate surface area is 183 Å². The van der Waals surface area contributed by atoms with Gasteiger partial charge < -0.3 is 10.8 Å². The van der Waals surface area contributed by atoms with Gasteiger partial charge in [0.15, 0.2) is 17.3 Å². The van der Waals surface area contributed by atoms with Gasteiger partial charge in [-0.25, -0.2) is 36.1 Å². The van der Waals surface area contributed by atoms with E-state index in [2.05, 4.69) is 4.98 Å². The number of carbonyl (C=O) groups is 2. The van der Waals surface area contributed by atoms with Gasteiger partial charge in [-0.1, -0.05) is 0 Å². The number of amides is 1. The summed E-state index contributed by atoms with van der Waals surface area (Å²) in [5, 5.41) is 9.15. The van der Waals surface area contributed by atoms with Crippen molar-refractivity contribution in [2.24, 2.45) is 5.73 Å². The van der Waals surface area contributed by atoms with Crippen LogP contribution in [0.3, 0.4) is 0 Å². The number of benzene rings is 1. The fourth-order valence-electron chi connectivity index (χ4n) is 3.44. The van der Waals surface area contributed by atoms with E-state index in [0.717, 1.165) is 6.92 Å². The Balaban J connectivity index is 0.00000363. The number of carbonyl (C=O) groups excluding carboxylic acids is 1. The zero-order chi connectivity index (χ0) is 23.2. The molecular formula is C18H17ClF6N4O3. The van der Waals surface area contributed by atoms with Gasteiger partial charge in [0.1, 0.15) is 17.3 Å². The van der Waals surface area contributed by atoms with E-state index in [4.69, 9.17) is 10.8 Å². The standard InChI is InChI=1S/C18H16F6N4O3.ClH/c1-6-26-13(18(30)31)14-15(22)28(17(24)16(23)27(6)14)12(29)4-8(25)2-7-3-10(20)11(21)5-9(7)19;/h3,5,8,15-17H,2,4,25H2,1H3,(H,30,31);1H. The Bertz CT molecular complexity index is 1050. The first-order valence-electron chi connectivity index (χ1n) is 8.88. The van der Waals surface area contributed by atoms with E-state index in [9.17, 15) is 35.9 Å². The van der Waals surface area contributed by atoms with Crippen LogP contribution in [0.25, 0.3) is 0 Å². The van der Waals surface area contributed by atoms with Crippen molar-refractivity contribution >= 4 is 24.3 Å². The summed E-state index contributed by atoms with van der Waals surface area (Å²) >= 11 is 0. The van der Waals surface area contributed by atoms with Crippen molar-refractivity contribution in [1.82, 2.24) is 14.5 Å². The Hall–Kier alpha value is -2.80. The average molecular weight is 487 g/mol. The van der Waals surface area contributed by atoms with E-state index in [-0.39, 0.29) is 34.8 Å². The lowest BCUT2D eigenvalue weighted by Crippen LogP contribution is -2.49. The molecule has 176 valence electrons. The van der Waals surface area contributed by atoms with Crippen LogP contribution in [-0.2, 0) is 11.2 Å². The van der Waals surface area contributed by atoms with Crippen molar-refractivity contribution in [3.05, 3.63) is 52.4 Å². The molecule has 0 bridgehead atoms. The van der Waals surface area contributed by atoms with Crippen LogP contribution in [0.2, 0.25) is 0 Å². The molecule has 4 unspecified atom stereocenters. The van der Waals surface area contributed by atoms with Crippen molar-refractivity contribution in [3.8, 4) is 0 Å². The first kappa shape index (κ1) is 25.5. The number of halogens is 7. The molecule has 3 rings (SSSR count). The smallest absolute Gasteiger partial charge is 0.356 e. The number of imidazole rings is 1.